The van der Waals surface area contributed by atoms with Gasteiger partial charge in [-0.2, -0.15) is 0 Å². The Balaban J connectivity index is 2.04. The summed E-state index contributed by atoms with van der Waals surface area (Å²) < 4.78 is 0. The van der Waals surface area contributed by atoms with Gasteiger partial charge in [-0.05, 0) is 12.1 Å². The molecule has 0 unspecified atom stereocenters. The average molecular weight is 264 g/mol. The van der Waals surface area contributed by atoms with Crippen LogP contribution in [0.25, 0.3) is 0 Å². The van der Waals surface area contributed by atoms with E-state index in [0.717, 1.165) is 18.7 Å². The summed E-state index contributed by atoms with van der Waals surface area (Å²) in [6.45, 7) is 0.758. The van der Waals surface area contributed by atoms with E-state index in [1.165, 1.54) is 6.33 Å². The van der Waals surface area contributed by atoms with Gasteiger partial charge in [0.05, 0.1) is 0 Å². The predicted molar refractivity (Wildman–Crippen MR) is 72.7 cm³/mol. The molecule has 0 radical (unpaired) electrons. The van der Waals surface area contributed by atoms with Crippen molar-refractivity contribution in [2.75, 3.05) is 24.2 Å². The van der Waals surface area contributed by atoms with E-state index < -0.39 is 0 Å². The second-order valence-corrected chi connectivity index (χ2v) is 4.25. The van der Waals surface area contributed by atoms with Crippen LogP contribution < -0.4 is 10.6 Å². The minimum absolute atomic E-state index is 0.282. The van der Waals surface area contributed by atoms with Crippen LogP contribution in [-0.4, -0.2) is 28.5 Å². The van der Waals surface area contributed by atoms with Gasteiger partial charge in [0.25, 0.3) is 0 Å². The Labute approximate surface area is 111 Å². The van der Waals surface area contributed by atoms with Crippen LogP contribution in [0, 0.1) is 0 Å². The van der Waals surface area contributed by atoms with Crippen molar-refractivity contribution < 1.29 is 0 Å². The van der Waals surface area contributed by atoms with Crippen LogP contribution in [0.2, 0.25) is 5.15 Å². The molecule has 0 fully saturated rings. The smallest absolute Gasteiger partial charge is 0.157 e. The Bertz CT molecular complexity index is 517. The highest BCUT2D eigenvalue weighted by Crippen LogP contribution is 2.24. The highest BCUT2D eigenvalue weighted by molar-refractivity contribution is 6.32. The van der Waals surface area contributed by atoms with Gasteiger partial charge in [-0.25, -0.2) is 9.97 Å². The van der Waals surface area contributed by atoms with E-state index >= 15 is 0 Å². The van der Waals surface area contributed by atoms with Crippen molar-refractivity contribution in [3.05, 3.63) is 41.6 Å². The molecule has 0 atom stereocenters. The molecular formula is C12H14ClN5. The lowest BCUT2D eigenvalue weighted by Crippen LogP contribution is -2.23. The molecule has 2 heterocycles. The van der Waals surface area contributed by atoms with Crippen molar-refractivity contribution in [2.45, 2.75) is 6.42 Å². The number of rotatable bonds is 4. The SMILES string of the molecule is CN(CCc1ccccn1)c1ncnc(Cl)c1N. The molecule has 2 aromatic rings. The first-order chi connectivity index (χ1) is 8.68. The lowest BCUT2D eigenvalue weighted by molar-refractivity contribution is 0.837. The fraction of sp³-hybridized carbons (Fsp3) is 0.250. The fourth-order valence-electron chi connectivity index (χ4n) is 1.60. The molecule has 0 saturated heterocycles. The number of nitrogens with two attached hydrogens (primary N) is 1. The van der Waals surface area contributed by atoms with Crippen molar-refractivity contribution in [1.29, 1.82) is 0 Å². The predicted octanol–water partition coefficient (Wildman–Crippen LogP) is 1.79. The first-order valence-corrected chi connectivity index (χ1v) is 5.93. The van der Waals surface area contributed by atoms with E-state index in [1.54, 1.807) is 6.20 Å². The summed E-state index contributed by atoms with van der Waals surface area (Å²) in [6.07, 6.45) is 4.01. The molecule has 2 rings (SSSR count). The maximum atomic E-state index is 5.86. The quantitative estimate of drug-likeness (QED) is 0.852. The molecule has 0 bridgehead atoms. The van der Waals surface area contributed by atoms with Gasteiger partial charge in [0, 0.05) is 31.9 Å². The van der Waals surface area contributed by atoms with Gasteiger partial charge in [0.1, 0.15) is 12.0 Å². The number of anilines is 2. The van der Waals surface area contributed by atoms with E-state index in [1.807, 2.05) is 30.1 Å². The lowest BCUT2D eigenvalue weighted by atomic mass is 10.2. The zero-order valence-corrected chi connectivity index (χ0v) is 10.8. The summed E-state index contributed by atoms with van der Waals surface area (Å²) in [5.74, 6) is 0.644. The molecule has 94 valence electrons. The Kier molecular flexibility index (Phi) is 3.94. The van der Waals surface area contributed by atoms with Crippen molar-refractivity contribution in [2.24, 2.45) is 0 Å². The number of pyridine rings is 1. The number of nitrogens with zero attached hydrogens (tertiary/aromatic N) is 4. The highest BCUT2D eigenvalue weighted by Gasteiger charge is 2.10. The molecule has 0 aromatic carbocycles. The highest BCUT2D eigenvalue weighted by atomic mass is 35.5. The van der Waals surface area contributed by atoms with E-state index in [-0.39, 0.29) is 5.15 Å². The minimum Gasteiger partial charge on any atom is -0.393 e. The third kappa shape index (κ3) is 2.87. The zero-order valence-electron chi connectivity index (χ0n) is 10.0. The molecule has 0 saturated carbocycles. The molecule has 0 spiro atoms. The number of likely N-dealkylation sites (N-methyl/N-ethyl adjacent to an activating group) is 1. The summed E-state index contributed by atoms with van der Waals surface area (Å²) in [5.41, 5.74) is 7.27. The normalized spacial score (nSPS) is 10.3. The number of nitrogen functional groups attached to an aromatic ring is 1. The summed E-state index contributed by atoms with van der Waals surface area (Å²) in [7, 11) is 1.91. The Morgan fingerprint density at radius 3 is 2.83 bits per heavy atom. The molecule has 18 heavy (non-hydrogen) atoms. The van der Waals surface area contributed by atoms with E-state index in [0.29, 0.717) is 11.5 Å². The van der Waals surface area contributed by atoms with Crippen molar-refractivity contribution in [3.63, 3.8) is 0 Å². The van der Waals surface area contributed by atoms with E-state index in [2.05, 4.69) is 15.0 Å². The first-order valence-electron chi connectivity index (χ1n) is 5.55. The van der Waals surface area contributed by atoms with Crippen LogP contribution in [-0.2, 0) is 6.42 Å². The summed E-state index contributed by atoms with van der Waals surface area (Å²) in [5, 5.41) is 0.282. The standard InChI is InChI=1S/C12H14ClN5/c1-18(7-5-9-4-2-3-6-15-9)12-10(14)11(13)16-8-17-12/h2-4,6,8H,5,7,14H2,1H3. The average Bonchev–Trinajstić information content (AvgIpc) is 2.40. The van der Waals surface area contributed by atoms with E-state index in [9.17, 15) is 0 Å². The second kappa shape index (κ2) is 5.64. The molecular weight excluding hydrogens is 250 g/mol. The molecule has 2 N–H and O–H groups in total. The number of halogens is 1. The van der Waals surface area contributed by atoms with Crippen LogP contribution >= 0.6 is 11.6 Å². The van der Waals surface area contributed by atoms with Gasteiger partial charge in [-0.3, -0.25) is 4.98 Å². The van der Waals surface area contributed by atoms with Crippen LogP contribution in [0.1, 0.15) is 5.69 Å². The summed E-state index contributed by atoms with van der Waals surface area (Å²) >= 11 is 5.86. The molecule has 6 heteroatoms. The maximum Gasteiger partial charge on any atom is 0.157 e. The van der Waals surface area contributed by atoms with Crippen LogP contribution in [0.3, 0.4) is 0 Å². The molecule has 5 nitrogen and oxygen atoms in total. The molecule has 0 aliphatic heterocycles. The summed E-state index contributed by atoms with van der Waals surface area (Å²) in [6, 6.07) is 5.86. The van der Waals surface area contributed by atoms with Gasteiger partial charge < -0.3 is 10.6 Å². The van der Waals surface area contributed by atoms with Gasteiger partial charge in [0.15, 0.2) is 11.0 Å². The molecule has 0 aliphatic carbocycles. The Morgan fingerprint density at radius 1 is 1.28 bits per heavy atom. The first kappa shape index (κ1) is 12.6. The van der Waals surface area contributed by atoms with Crippen molar-refractivity contribution in [3.8, 4) is 0 Å². The third-order valence-electron chi connectivity index (χ3n) is 2.61. The Morgan fingerprint density at radius 2 is 2.11 bits per heavy atom. The van der Waals surface area contributed by atoms with Crippen LogP contribution in [0.15, 0.2) is 30.7 Å². The largest absolute Gasteiger partial charge is 0.393 e. The molecule has 2 aromatic heterocycles. The summed E-state index contributed by atoms with van der Waals surface area (Å²) in [4.78, 5) is 14.2. The topological polar surface area (TPSA) is 67.9 Å². The van der Waals surface area contributed by atoms with Crippen LogP contribution in [0.4, 0.5) is 11.5 Å². The lowest BCUT2D eigenvalue weighted by Gasteiger charge is -2.19. The van der Waals surface area contributed by atoms with E-state index in [4.69, 9.17) is 17.3 Å². The minimum atomic E-state index is 0.282. The van der Waals surface area contributed by atoms with Crippen LogP contribution in [0.5, 0.6) is 0 Å². The Hall–Kier alpha value is -1.88. The molecule has 0 amide bonds. The van der Waals surface area contributed by atoms with Gasteiger partial charge >= 0.3 is 0 Å². The number of hydrogen-bond donors (Lipinski definition) is 1. The van der Waals surface area contributed by atoms with Gasteiger partial charge in [-0.1, -0.05) is 17.7 Å². The number of hydrogen-bond acceptors (Lipinski definition) is 5. The third-order valence-corrected chi connectivity index (χ3v) is 2.91. The van der Waals surface area contributed by atoms with Gasteiger partial charge in [0.2, 0.25) is 0 Å². The van der Waals surface area contributed by atoms with Crippen molar-refractivity contribution in [1.82, 2.24) is 15.0 Å². The second-order valence-electron chi connectivity index (χ2n) is 3.89. The monoisotopic (exact) mass is 263 g/mol. The number of aromatic nitrogens is 3. The maximum absolute atomic E-state index is 5.86. The van der Waals surface area contributed by atoms with Gasteiger partial charge in [-0.15, -0.1) is 0 Å². The van der Waals surface area contributed by atoms with Crippen molar-refractivity contribution >= 4 is 23.1 Å². The fourth-order valence-corrected chi connectivity index (χ4v) is 1.73. The molecule has 0 aliphatic rings. The zero-order chi connectivity index (χ0) is 13.0.